The number of ether oxygens (including phenoxy) is 1. The van der Waals surface area contributed by atoms with Crippen molar-refractivity contribution >= 4 is 28.5 Å². The summed E-state index contributed by atoms with van der Waals surface area (Å²) in [7, 11) is 0. The standard InChI is InChI=1S/C20H22ClN3O2/c1-14-23-17-6-4-5-7-18(17)24(14)13-12-22-19(25)20(2,3)26-16-10-8-15(21)9-11-16/h4-11H,12-13H2,1-3H3,(H,22,25). The number of rotatable bonds is 6. The summed E-state index contributed by atoms with van der Waals surface area (Å²) in [6.45, 7) is 6.60. The summed E-state index contributed by atoms with van der Waals surface area (Å²) in [5.41, 5.74) is 1.04. The number of amides is 1. The number of benzene rings is 2. The zero-order chi connectivity index (χ0) is 18.7. The van der Waals surface area contributed by atoms with Crippen LogP contribution in [-0.2, 0) is 11.3 Å². The molecule has 1 amide bonds. The number of carbonyl (C=O) groups excluding carboxylic acids is 1. The lowest BCUT2D eigenvalue weighted by molar-refractivity contribution is -0.134. The normalized spacial score (nSPS) is 11.5. The maximum Gasteiger partial charge on any atom is 0.263 e. The van der Waals surface area contributed by atoms with Crippen LogP contribution in [0, 0.1) is 6.92 Å². The van der Waals surface area contributed by atoms with Crippen LogP contribution in [0.25, 0.3) is 11.0 Å². The largest absolute Gasteiger partial charge is 0.478 e. The topological polar surface area (TPSA) is 56.2 Å². The second kappa shape index (κ2) is 7.38. The van der Waals surface area contributed by atoms with E-state index in [9.17, 15) is 4.79 Å². The quantitative estimate of drug-likeness (QED) is 0.713. The van der Waals surface area contributed by atoms with Gasteiger partial charge in [-0.3, -0.25) is 4.79 Å². The van der Waals surface area contributed by atoms with Crippen molar-refractivity contribution < 1.29 is 9.53 Å². The molecule has 0 aliphatic rings. The molecule has 1 aromatic heterocycles. The highest BCUT2D eigenvalue weighted by Crippen LogP contribution is 2.21. The van der Waals surface area contributed by atoms with Gasteiger partial charge in [0.1, 0.15) is 11.6 Å². The number of aryl methyl sites for hydroxylation is 1. The number of nitrogens with one attached hydrogen (secondary N) is 1. The van der Waals surface area contributed by atoms with Gasteiger partial charge >= 0.3 is 0 Å². The zero-order valence-corrected chi connectivity index (χ0v) is 15.9. The van der Waals surface area contributed by atoms with Crippen molar-refractivity contribution in [3.63, 3.8) is 0 Å². The van der Waals surface area contributed by atoms with Crippen molar-refractivity contribution in [2.24, 2.45) is 0 Å². The van der Waals surface area contributed by atoms with Crippen molar-refractivity contribution in [2.75, 3.05) is 6.54 Å². The Morgan fingerprint density at radius 2 is 1.88 bits per heavy atom. The SMILES string of the molecule is Cc1nc2ccccc2n1CCNC(=O)C(C)(C)Oc1ccc(Cl)cc1. The molecule has 3 rings (SSSR count). The number of hydrogen-bond acceptors (Lipinski definition) is 3. The van der Waals surface area contributed by atoms with Crippen LogP contribution in [0.4, 0.5) is 0 Å². The van der Waals surface area contributed by atoms with Gasteiger partial charge in [-0.25, -0.2) is 4.98 Å². The molecule has 2 aromatic carbocycles. The summed E-state index contributed by atoms with van der Waals surface area (Å²) >= 11 is 5.87. The van der Waals surface area contributed by atoms with Crippen LogP contribution in [-0.4, -0.2) is 27.6 Å². The summed E-state index contributed by atoms with van der Waals surface area (Å²) in [6.07, 6.45) is 0. The predicted molar refractivity (Wildman–Crippen MR) is 104 cm³/mol. The number of para-hydroxylation sites is 2. The van der Waals surface area contributed by atoms with Crippen LogP contribution in [0.15, 0.2) is 48.5 Å². The number of fused-ring (bicyclic) bond motifs is 1. The lowest BCUT2D eigenvalue weighted by Crippen LogP contribution is -2.47. The average molecular weight is 372 g/mol. The predicted octanol–water partition coefficient (Wildman–Crippen LogP) is 3.97. The molecule has 1 N–H and O–H groups in total. The van der Waals surface area contributed by atoms with Gasteiger partial charge in [0.25, 0.3) is 5.91 Å². The van der Waals surface area contributed by atoms with Crippen LogP contribution in [0.3, 0.4) is 0 Å². The van der Waals surface area contributed by atoms with Crippen molar-refractivity contribution in [1.29, 1.82) is 0 Å². The van der Waals surface area contributed by atoms with Gasteiger partial charge in [-0.05, 0) is 57.2 Å². The number of hydrogen-bond donors (Lipinski definition) is 1. The highest BCUT2D eigenvalue weighted by atomic mass is 35.5. The Morgan fingerprint density at radius 3 is 2.62 bits per heavy atom. The molecule has 0 aliphatic heterocycles. The number of nitrogens with zero attached hydrogens (tertiary/aromatic N) is 2. The fourth-order valence-electron chi connectivity index (χ4n) is 2.82. The van der Waals surface area contributed by atoms with Crippen LogP contribution < -0.4 is 10.1 Å². The van der Waals surface area contributed by atoms with Gasteiger partial charge in [-0.1, -0.05) is 23.7 Å². The molecule has 0 atom stereocenters. The Morgan fingerprint density at radius 1 is 1.19 bits per heavy atom. The lowest BCUT2D eigenvalue weighted by atomic mass is 10.1. The zero-order valence-electron chi connectivity index (χ0n) is 15.1. The van der Waals surface area contributed by atoms with Gasteiger partial charge in [0.2, 0.25) is 0 Å². The van der Waals surface area contributed by atoms with E-state index in [-0.39, 0.29) is 5.91 Å². The minimum Gasteiger partial charge on any atom is -0.478 e. The number of carbonyl (C=O) groups is 1. The molecule has 0 spiro atoms. The van der Waals surface area contributed by atoms with E-state index in [4.69, 9.17) is 16.3 Å². The van der Waals surface area contributed by atoms with Crippen molar-refractivity contribution in [3.05, 3.63) is 59.4 Å². The molecule has 0 bridgehead atoms. The molecule has 26 heavy (non-hydrogen) atoms. The van der Waals surface area contributed by atoms with Gasteiger partial charge in [-0.2, -0.15) is 0 Å². The molecule has 6 heteroatoms. The molecule has 136 valence electrons. The third kappa shape index (κ3) is 3.99. The first-order valence-electron chi connectivity index (χ1n) is 8.51. The van der Waals surface area contributed by atoms with E-state index >= 15 is 0 Å². The van der Waals surface area contributed by atoms with Gasteiger partial charge in [0.05, 0.1) is 11.0 Å². The second-order valence-electron chi connectivity index (χ2n) is 6.62. The average Bonchev–Trinajstić information content (AvgIpc) is 2.92. The number of halogens is 1. The molecule has 0 unspecified atom stereocenters. The monoisotopic (exact) mass is 371 g/mol. The van der Waals surface area contributed by atoms with Crippen molar-refractivity contribution in [3.8, 4) is 5.75 Å². The first kappa shape index (κ1) is 18.3. The Labute approximate surface area is 157 Å². The minimum absolute atomic E-state index is 0.172. The molecule has 5 nitrogen and oxygen atoms in total. The van der Waals surface area contributed by atoms with Gasteiger partial charge in [-0.15, -0.1) is 0 Å². The van der Waals surface area contributed by atoms with E-state index in [2.05, 4.69) is 14.9 Å². The van der Waals surface area contributed by atoms with Crippen LogP contribution in [0.1, 0.15) is 19.7 Å². The lowest BCUT2D eigenvalue weighted by Gasteiger charge is -2.25. The molecule has 0 aliphatic carbocycles. The third-order valence-electron chi connectivity index (χ3n) is 4.20. The van der Waals surface area contributed by atoms with Crippen LogP contribution in [0.2, 0.25) is 5.02 Å². The Kier molecular flexibility index (Phi) is 5.18. The van der Waals surface area contributed by atoms with E-state index in [0.29, 0.717) is 23.9 Å². The number of aromatic nitrogens is 2. The van der Waals surface area contributed by atoms with Crippen molar-refractivity contribution in [1.82, 2.24) is 14.9 Å². The Hall–Kier alpha value is -2.53. The summed E-state index contributed by atoms with van der Waals surface area (Å²) < 4.78 is 7.91. The molecule has 0 radical (unpaired) electrons. The molecule has 0 fully saturated rings. The summed E-state index contributed by atoms with van der Waals surface area (Å²) in [4.78, 5) is 17.1. The second-order valence-corrected chi connectivity index (χ2v) is 7.06. The van der Waals surface area contributed by atoms with E-state index < -0.39 is 5.60 Å². The summed E-state index contributed by atoms with van der Waals surface area (Å²) in [5.74, 6) is 1.36. The highest BCUT2D eigenvalue weighted by molar-refractivity contribution is 6.30. The summed E-state index contributed by atoms with van der Waals surface area (Å²) in [5, 5.41) is 3.57. The van der Waals surface area contributed by atoms with Gasteiger partial charge in [0, 0.05) is 18.1 Å². The molecule has 1 heterocycles. The van der Waals surface area contributed by atoms with E-state index in [1.54, 1.807) is 38.1 Å². The highest BCUT2D eigenvalue weighted by Gasteiger charge is 2.29. The molecular weight excluding hydrogens is 350 g/mol. The molecule has 0 saturated heterocycles. The van der Waals surface area contributed by atoms with Crippen LogP contribution >= 0.6 is 11.6 Å². The maximum atomic E-state index is 12.5. The smallest absolute Gasteiger partial charge is 0.263 e. The third-order valence-corrected chi connectivity index (χ3v) is 4.45. The fraction of sp³-hybridized carbons (Fsp3) is 0.300. The first-order valence-corrected chi connectivity index (χ1v) is 8.89. The van der Waals surface area contributed by atoms with Crippen molar-refractivity contribution in [2.45, 2.75) is 32.9 Å². The van der Waals surface area contributed by atoms with Crippen LogP contribution in [0.5, 0.6) is 5.75 Å². The fourth-order valence-corrected chi connectivity index (χ4v) is 2.94. The summed E-state index contributed by atoms with van der Waals surface area (Å²) in [6, 6.07) is 14.9. The van der Waals surface area contributed by atoms with Gasteiger partial charge in [0.15, 0.2) is 5.60 Å². The first-order chi connectivity index (χ1) is 12.4. The molecule has 0 saturated carbocycles. The van der Waals surface area contributed by atoms with Gasteiger partial charge < -0.3 is 14.6 Å². The van der Waals surface area contributed by atoms with E-state index in [1.807, 2.05) is 31.2 Å². The number of imidazole rings is 1. The Balaban J connectivity index is 1.60. The molecule has 3 aromatic rings. The Bertz CT molecular complexity index is 916. The molecular formula is C20H22ClN3O2. The maximum absolute atomic E-state index is 12.5. The van der Waals surface area contributed by atoms with E-state index in [1.165, 1.54) is 0 Å². The minimum atomic E-state index is -0.986. The van der Waals surface area contributed by atoms with E-state index in [0.717, 1.165) is 16.9 Å².